The van der Waals surface area contributed by atoms with Gasteiger partial charge in [-0.3, -0.25) is 9.69 Å². The number of piperidine rings is 1. The Morgan fingerprint density at radius 1 is 0.907 bits per heavy atom. The molecule has 0 aliphatic carbocycles. The summed E-state index contributed by atoms with van der Waals surface area (Å²) in [5, 5.41) is 7.74. The third-order valence-corrected chi connectivity index (χ3v) is 11.2. The molecule has 3 aliphatic heterocycles. The number of benzene rings is 2. The molecule has 2 aromatic carbocycles. The fraction of sp³-hybridized carbons (Fsp3) is 0.400. The number of carbonyl (C=O) groups is 1. The predicted octanol–water partition coefficient (Wildman–Crippen LogP) is 5.99. The molecule has 0 unspecified atom stereocenters. The van der Waals surface area contributed by atoms with Gasteiger partial charge in [0.1, 0.15) is 11.8 Å². The van der Waals surface area contributed by atoms with Crippen molar-refractivity contribution in [1.29, 1.82) is 0 Å². The monoisotopic (exact) mass is 771 g/mol. The second-order valence-corrected chi connectivity index (χ2v) is 14.5. The van der Waals surface area contributed by atoms with Crippen molar-refractivity contribution in [3.63, 3.8) is 0 Å². The molecule has 2 aromatic heterocycles. The minimum atomic E-state index is -0.140. The molecule has 4 aromatic rings. The molecule has 282 valence electrons. The Bertz CT molecular complexity index is 2080. The fourth-order valence-corrected chi connectivity index (χ4v) is 8.21. The number of hydrogen-bond donors (Lipinski definition) is 2. The number of halogens is 2. The number of pyridine rings is 1. The second kappa shape index (κ2) is 16.8. The van der Waals surface area contributed by atoms with E-state index >= 15 is 0 Å². The first-order chi connectivity index (χ1) is 26.3. The van der Waals surface area contributed by atoms with Crippen LogP contribution in [0.25, 0.3) is 22.4 Å². The minimum absolute atomic E-state index is 0.0587. The van der Waals surface area contributed by atoms with Gasteiger partial charge in [0.2, 0.25) is 11.8 Å². The number of hydrogen-bond acceptors (Lipinski definition) is 12. The molecule has 2 N–H and O–H groups in total. The van der Waals surface area contributed by atoms with Crippen LogP contribution in [0.15, 0.2) is 54.2 Å². The molecule has 0 saturated carbocycles. The van der Waals surface area contributed by atoms with E-state index in [9.17, 15) is 9.59 Å². The van der Waals surface area contributed by atoms with Crippen LogP contribution in [0, 0.1) is 5.92 Å². The summed E-state index contributed by atoms with van der Waals surface area (Å²) < 4.78 is 16.4. The molecule has 3 aliphatic rings. The molecular formula is C40H43Cl2N7O5. The standard InChI is InChI=1S/C40H43Cl2N7O5/c1-52-38-25(18-43-19-26-11-12-27(23-50)44-26)10-13-32(46-38)30-8-4-6-28(36(30)41)29-7-5-9-34(37(29)42)49-20-31-33(21-49)45-35(47-39(31)53-2)22-48-16-14-24(15-17-48)40(51)54-3/h4-10,13,24,26,43-44H,11-12,14-22H2,1-3H3/t26-/m0/s1. The van der Waals surface area contributed by atoms with Crippen LogP contribution >= 0.6 is 23.2 Å². The van der Waals surface area contributed by atoms with Crippen LogP contribution < -0.4 is 25.0 Å². The largest absolute Gasteiger partial charge is 0.481 e. The van der Waals surface area contributed by atoms with Crippen LogP contribution in [-0.4, -0.2) is 78.8 Å². The van der Waals surface area contributed by atoms with Gasteiger partial charge in [-0.2, -0.15) is 4.98 Å². The molecule has 54 heavy (non-hydrogen) atoms. The quantitative estimate of drug-likeness (QED) is 0.130. The van der Waals surface area contributed by atoms with Crippen molar-refractivity contribution in [2.24, 2.45) is 5.92 Å². The van der Waals surface area contributed by atoms with Crippen molar-refractivity contribution in [3.8, 4) is 34.1 Å². The number of fused-ring (bicyclic) bond motifs is 1. The zero-order valence-electron chi connectivity index (χ0n) is 30.6. The van der Waals surface area contributed by atoms with Crippen LogP contribution in [-0.2, 0) is 40.5 Å². The Morgan fingerprint density at radius 2 is 1.65 bits per heavy atom. The Morgan fingerprint density at radius 3 is 2.37 bits per heavy atom. The molecule has 14 heteroatoms. The third kappa shape index (κ3) is 7.90. The van der Waals surface area contributed by atoms with Crippen molar-refractivity contribution in [3.05, 3.63) is 86.9 Å². The molecule has 12 nitrogen and oxygen atoms in total. The highest BCUT2D eigenvalue weighted by Gasteiger charge is 2.30. The van der Waals surface area contributed by atoms with E-state index in [0.717, 1.165) is 78.0 Å². The topological polar surface area (TPSA) is 131 Å². The summed E-state index contributed by atoms with van der Waals surface area (Å²) in [5.41, 5.74) is 7.25. The summed E-state index contributed by atoms with van der Waals surface area (Å²) in [6, 6.07) is 15.9. The lowest BCUT2D eigenvalue weighted by Gasteiger charge is -2.30. The summed E-state index contributed by atoms with van der Waals surface area (Å²) in [6.45, 7) is 4.46. The van der Waals surface area contributed by atoms with E-state index in [1.807, 2.05) is 54.5 Å². The van der Waals surface area contributed by atoms with E-state index in [-0.39, 0.29) is 17.9 Å². The predicted molar refractivity (Wildman–Crippen MR) is 207 cm³/mol. The lowest BCUT2D eigenvalue weighted by molar-refractivity contribution is -0.147. The Labute approximate surface area is 324 Å². The highest BCUT2D eigenvalue weighted by atomic mass is 35.5. The Balaban J connectivity index is 1.07. The number of rotatable bonds is 12. The van der Waals surface area contributed by atoms with Crippen LogP contribution in [0.3, 0.4) is 0 Å². The summed E-state index contributed by atoms with van der Waals surface area (Å²) in [4.78, 5) is 41.9. The van der Waals surface area contributed by atoms with Crippen LogP contribution in [0.1, 0.15) is 48.3 Å². The van der Waals surface area contributed by atoms with Crippen molar-refractivity contribution in [1.82, 2.24) is 30.5 Å². The minimum Gasteiger partial charge on any atom is -0.481 e. The van der Waals surface area contributed by atoms with Gasteiger partial charge in [0.15, 0.2) is 0 Å². The molecule has 0 radical (unpaired) electrons. The van der Waals surface area contributed by atoms with Crippen LogP contribution in [0.4, 0.5) is 5.69 Å². The van der Waals surface area contributed by atoms with E-state index in [1.165, 1.54) is 7.11 Å². The first-order valence-corrected chi connectivity index (χ1v) is 18.9. The van der Waals surface area contributed by atoms with Crippen LogP contribution in [0.2, 0.25) is 10.0 Å². The van der Waals surface area contributed by atoms with Gasteiger partial charge in [0.05, 0.1) is 85.3 Å². The Hall–Kier alpha value is -4.71. The van der Waals surface area contributed by atoms with Gasteiger partial charge >= 0.3 is 5.97 Å². The molecule has 0 spiro atoms. The maximum atomic E-state index is 12.0. The van der Waals surface area contributed by atoms with E-state index in [4.69, 9.17) is 52.4 Å². The number of allylic oxidation sites excluding steroid dienone is 1. The Kier molecular flexibility index (Phi) is 11.7. The van der Waals surface area contributed by atoms with Crippen molar-refractivity contribution in [2.75, 3.05) is 45.9 Å². The smallest absolute Gasteiger partial charge is 0.308 e. The van der Waals surface area contributed by atoms with Gasteiger partial charge in [-0.1, -0.05) is 59.6 Å². The number of nitrogens with one attached hydrogen (secondary N) is 2. The third-order valence-electron chi connectivity index (χ3n) is 10.4. The number of aromatic nitrogens is 3. The molecule has 0 bridgehead atoms. The number of nitrogens with zero attached hydrogens (tertiary/aromatic N) is 5. The highest BCUT2D eigenvalue weighted by Crippen LogP contribution is 2.44. The van der Waals surface area contributed by atoms with Gasteiger partial charge in [-0.05, 0) is 44.5 Å². The second-order valence-electron chi connectivity index (χ2n) is 13.8. The maximum absolute atomic E-state index is 12.0. The van der Waals surface area contributed by atoms with Gasteiger partial charge in [0.25, 0.3) is 0 Å². The lowest BCUT2D eigenvalue weighted by Crippen LogP contribution is -2.36. The van der Waals surface area contributed by atoms with Crippen LogP contribution in [0.5, 0.6) is 11.8 Å². The summed E-state index contributed by atoms with van der Waals surface area (Å²) in [6.07, 6.45) is 3.13. The van der Waals surface area contributed by atoms with E-state index < -0.39 is 0 Å². The van der Waals surface area contributed by atoms with E-state index in [1.54, 1.807) is 14.2 Å². The van der Waals surface area contributed by atoms with Crippen molar-refractivity contribution >= 4 is 40.8 Å². The summed E-state index contributed by atoms with van der Waals surface area (Å²) >= 11 is 14.4. The van der Waals surface area contributed by atoms with Crippen molar-refractivity contribution in [2.45, 2.75) is 57.9 Å². The van der Waals surface area contributed by atoms with Gasteiger partial charge in [0, 0.05) is 47.8 Å². The normalized spacial score (nSPS) is 17.2. The van der Waals surface area contributed by atoms with E-state index in [0.29, 0.717) is 71.7 Å². The number of ether oxygens (including phenoxy) is 3. The van der Waals surface area contributed by atoms with Crippen molar-refractivity contribution < 1.29 is 23.8 Å². The zero-order valence-corrected chi connectivity index (χ0v) is 32.1. The molecule has 2 saturated heterocycles. The first-order valence-electron chi connectivity index (χ1n) is 18.1. The number of anilines is 1. The molecule has 0 amide bonds. The summed E-state index contributed by atoms with van der Waals surface area (Å²) in [7, 11) is 4.68. The molecule has 2 fully saturated rings. The SMILES string of the molecule is COC(=O)C1CCN(Cc2nc3c(c(OC)n2)CN(c2cccc(-c4cccc(-c5ccc(CNC[C@@H]6CCC(=C=O)N6)c(OC)n5)c4Cl)c2Cl)C3)CC1. The van der Waals surface area contributed by atoms with Gasteiger partial charge in [-0.25, -0.2) is 14.8 Å². The highest BCUT2D eigenvalue weighted by molar-refractivity contribution is 6.39. The van der Waals surface area contributed by atoms with E-state index in [2.05, 4.69) is 20.4 Å². The van der Waals surface area contributed by atoms with Gasteiger partial charge < -0.3 is 29.7 Å². The molecular weight excluding hydrogens is 729 g/mol. The molecule has 5 heterocycles. The fourth-order valence-electron chi connectivity index (χ4n) is 7.54. The average molecular weight is 773 g/mol. The first kappa shape index (κ1) is 37.6. The number of carbonyl (C=O) groups excluding carboxylic acids is 2. The number of esters is 1. The zero-order chi connectivity index (χ0) is 37.8. The average Bonchev–Trinajstić information content (AvgIpc) is 3.85. The number of likely N-dealkylation sites (tertiary alicyclic amines) is 1. The number of methoxy groups -OCH3 is 3. The molecule has 1 atom stereocenters. The lowest BCUT2D eigenvalue weighted by atomic mass is 9.97. The van der Waals surface area contributed by atoms with Gasteiger partial charge in [-0.15, -0.1) is 0 Å². The molecule has 7 rings (SSSR count). The summed E-state index contributed by atoms with van der Waals surface area (Å²) in [5.74, 6) is 3.52. The maximum Gasteiger partial charge on any atom is 0.308 e.